The maximum Gasteiger partial charge on any atom is 0.0840 e. The maximum absolute atomic E-state index is 9.71. The Bertz CT molecular complexity index is 258. The molecule has 0 aliphatic rings. The molecule has 66 valence electrons. The molecule has 0 amide bonds. The Kier molecular flexibility index (Phi) is 2.53. The predicted octanol–water partition coefficient (Wildman–Crippen LogP) is 2.48. The van der Waals surface area contributed by atoms with Crippen LogP contribution in [-0.2, 0) is 12.0 Å². The molecule has 1 aromatic carbocycles. The van der Waals surface area contributed by atoms with Crippen molar-refractivity contribution in [1.82, 2.24) is 0 Å². The summed E-state index contributed by atoms with van der Waals surface area (Å²) in [5.74, 6) is 0. The Morgan fingerprint density at radius 2 is 2.00 bits per heavy atom. The molecule has 0 unspecified atom stereocenters. The van der Waals surface area contributed by atoms with Gasteiger partial charge in [0.1, 0.15) is 0 Å². The highest BCUT2D eigenvalue weighted by Crippen LogP contribution is 2.20. The topological polar surface area (TPSA) is 20.2 Å². The molecule has 1 nitrogen and oxygen atoms in total. The van der Waals surface area contributed by atoms with Gasteiger partial charge in [-0.25, -0.2) is 0 Å². The summed E-state index contributed by atoms with van der Waals surface area (Å²) in [6, 6.07) is 8.08. The van der Waals surface area contributed by atoms with E-state index in [4.69, 9.17) is 0 Å². The van der Waals surface area contributed by atoms with Gasteiger partial charge in [0.2, 0.25) is 0 Å². The number of aryl methyl sites for hydroxylation is 1. The molecule has 0 atom stereocenters. The Balaban J connectivity index is 3.02. The molecule has 12 heavy (non-hydrogen) atoms. The third kappa shape index (κ3) is 2.08. The molecule has 0 fully saturated rings. The van der Waals surface area contributed by atoms with Gasteiger partial charge in [-0.1, -0.05) is 31.2 Å². The van der Waals surface area contributed by atoms with E-state index in [-0.39, 0.29) is 0 Å². The zero-order chi connectivity index (χ0) is 9.19. The second-order valence-electron chi connectivity index (χ2n) is 3.61. The first-order chi connectivity index (χ1) is 5.54. The summed E-state index contributed by atoms with van der Waals surface area (Å²) in [7, 11) is 0. The smallest absolute Gasteiger partial charge is 0.0840 e. The van der Waals surface area contributed by atoms with E-state index in [9.17, 15) is 5.11 Å². The Labute approximate surface area is 74.1 Å². The van der Waals surface area contributed by atoms with Crippen molar-refractivity contribution in [2.45, 2.75) is 32.8 Å². The van der Waals surface area contributed by atoms with E-state index < -0.39 is 5.60 Å². The zero-order valence-electron chi connectivity index (χ0n) is 7.96. The van der Waals surface area contributed by atoms with Gasteiger partial charge in [0.15, 0.2) is 0 Å². The molecule has 0 heterocycles. The molecular formula is C11H16O. The van der Waals surface area contributed by atoms with Gasteiger partial charge < -0.3 is 5.11 Å². The van der Waals surface area contributed by atoms with Crippen LogP contribution >= 0.6 is 0 Å². The molecular weight excluding hydrogens is 148 g/mol. The van der Waals surface area contributed by atoms with Gasteiger partial charge in [-0.15, -0.1) is 0 Å². The van der Waals surface area contributed by atoms with Crippen molar-refractivity contribution in [2.24, 2.45) is 0 Å². The van der Waals surface area contributed by atoms with Gasteiger partial charge in [0, 0.05) is 0 Å². The molecule has 0 saturated carbocycles. The SMILES string of the molecule is CCc1cccc(C(C)(C)O)c1. The first-order valence-corrected chi connectivity index (χ1v) is 4.36. The van der Waals surface area contributed by atoms with Crippen LogP contribution in [0.25, 0.3) is 0 Å². The minimum absolute atomic E-state index is 0.717. The molecule has 0 spiro atoms. The minimum Gasteiger partial charge on any atom is -0.386 e. The van der Waals surface area contributed by atoms with Crippen LogP contribution in [0.15, 0.2) is 24.3 Å². The van der Waals surface area contributed by atoms with Gasteiger partial charge in [0.05, 0.1) is 5.60 Å². The summed E-state index contributed by atoms with van der Waals surface area (Å²) in [6.07, 6.45) is 1.02. The molecule has 0 aromatic heterocycles. The van der Waals surface area contributed by atoms with E-state index in [1.54, 1.807) is 0 Å². The number of hydrogen-bond donors (Lipinski definition) is 1. The lowest BCUT2D eigenvalue weighted by molar-refractivity contribution is 0.0785. The Hall–Kier alpha value is -0.820. The van der Waals surface area contributed by atoms with E-state index in [2.05, 4.69) is 19.1 Å². The summed E-state index contributed by atoms with van der Waals surface area (Å²) in [4.78, 5) is 0. The molecule has 0 saturated heterocycles. The van der Waals surface area contributed by atoms with Crippen LogP contribution in [0.1, 0.15) is 31.9 Å². The van der Waals surface area contributed by atoms with Crippen molar-refractivity contribution >= 4 is 0 Å². The number of benzene rings is 1. The first kappa shape index (κ1) is 9.27. The van der Waals surface area contributed by atoms with Crippen molar-refractivity contribution < 1.29 is 5.11 Å². The van der Waals surface area contributed by atoms with Crippen LogP contribution in [0.3, 0.4) is 0 Å². The molecule has 1 rings (SSSR count). The largest absolute Gasteiger partial charge is 0.386 e. The minimum atomic E-state index is -0.717. The van der Waals surface area contributed by atoms with Crippen LogP contribution in [0.5, 0.6) is 0 Å². The van der Waals surface area contributed by atoms with Gasteiger partial charge in [-0.05, 0) is 31.4 Å². The monoisotopic (exact) mass is 164 g/mol. The van der Waals surface area contributed by atoms with Crippen molar-refractivity contribution in [2.75, 3.05) is 0 Å². The lowest BCUT2D eigenvalue weighted by Gasteiger charge is -2.18. The summed E-state index contributed by atoms with van der Waals surface area (Å²) in [5.41, 5.74) is 1.54. The molecule has 1 aromatic rings. The summed E-state index contributed by atoms with van der Waals surface area (Å²) in [6.45, 7) is 5.73. The number of rotatable bonds is 2. The highest BCUT2D eigenvalue weighted by molar-refractivity contribution is 5.27. The number of hydrogen-bond acceptors (Lipinski definition) is 1. The quantitative estimate of drug-likeness (QED) is 0.712. The molecule has 0 radical (unpaired) electrons. The van der Waals surface area contributed by atoms with Crippen LogP contribution in [0.4, 0.5) is 0 Å². The molecule has 0 bridgehead atoms. The van der Waals surface area contributed by atoms with Crippen molar-refractivity contribution in [3.8, 4) is 0 Å². The Morgan fingerprint density at radius 3 is 2.50 bits per heavy atom. The van der Waals surface area contributed by atoms with E-state index in [0.717, 1.165) is 12.0 Å². The highest BCUT2D eigenvalue weighted by Gasteiger charge is 2.15. The normalized spacial score (nSPS) is 11.7. The fraction of sp³-hybridized carbons (Fsp3) is 0.455. The Morgan fingerprint density at radius 1 is 1.33 bits per heavy atom. The average Bonchev–Trinajstić information content (AvgIpc) is 2.03. The van der Waals surface area contributed by atoms with Crippen molar-refractivity contribution in [3.05, 3.63) is 35.4 Å². The van der Waals surface area contributed by atoms with Crippen LogP contribution < -0.4 is 0 Å². The molecule has 0 aliphatic carbocycles. The highest BCUT2D eigenvalue weighted by atomic mass is 16.3. The van der Waals surface area contributed by atoms with Gasteiger partial charge in [-0.2, -0.15) is 0 Å². The molecule has 1 N–H and O–H groups in total. The summed E-state index contributed by atoms with van der Waals surface area (Å²) in [5, 5.41) is 9.71. The van der Waals surface area contributed by atoms with E-state index in [0.29, 0.717) is 0 Å². The maximum atomic E-state index is 9.71. The van der Waals surface area contributed by atoms with Gasteiger partial charge in [0.25, 0.3) is 0 Å². The molecule has 1 heteroatoms. The van der Waals surface area contributed by atoms with Crippen molar-refractivity contribution in [3.63, 3.8) is 0 Å². The summed E-state index contributed by atoms with van der Waals surface area (Å²) >= 11 is 0. The predicted molar refractivity (Wildman–Crippen MR) is 51.1 cm³/mol. The van der Waals surface area contributed by atoms with E-state index >= 15 is 0 Å². The third-order valence-corrected chi connectivity index (χ3v) is 2.04. The van der Waals surface area contributed by atoms with Crippen LogP contribution in [0.2, 0.25) is 0 Å². The third-order valence-electron chi connectivity index (χ3n) is 2.04. The van der Waals surface area contributed by atoms with E-state index in [1.165, 1.54) is 5.56 Å². The second kappa shape index (κ2) is 3.28. The standard InChI is InChI=1S/C11H16O/c1-4-9-6-5-7-10(8-9)11(2,3)12/h5-8,12H,4H2,1-3H3. The van der Waals surface area contributed by atoms with Crippen molar-refractivity contribution in [1.29, 1.82) is 0 Å². The average molecular weight is 164 g/mol. The van der Waals surface area contributed by atoms with E-state index in [1.807, 2.05) is 26.0 Å². The number of aliphatic hydroxyl groups is 1. The lowest BCUT2D eigenvalue weighted by Crippen LogP contribution is -2.15. The van der Waals surface area contributed by atoms with Crippen LogP contribution in [0, 0.1) is 0 Å². The van der Waals surface area contributed by atoms with Gasteiger partial charge >= 0.3 is 0 Å². The lowest BCUT2D eigenvalue weighted by atomic mass is 9.96. The first-order valence-electron chi connectivity index (χ1n) is 4.36. The zero-order valence-corrected chi connectivity index (χ0v) is 7.96. The summed E-state index contributed by atoms with van der Waals surface area (Å²) < 4.78 is 0. The van der Waals surface area contributed by atoms with Crippen LogP contribution in [-0.4, -0.2) is 5.11 Å². The fourth-order valence-corrected chi connectivity index (χ4v) is 1.17. The second-order valence-corrected chi connectivity index (χ2v) is 3.61. The van der Waals surface area contributed by atoms with Gasteiger partial charge in [-0.3, -0.25) is 0 Å². The molecule has 0 aliphatic heterocycles. The fourth-order valence-electron chi connectivity index (χ4n) is 1.17.